The molecule has 1 N–H and O–H groups in total. The molecule has 4 nitrogen and oxygen atoms in total. The maximum Gasteiger partial charge on any atom is 0.186 e. The molecule has 0 amide bonds. The lowest BCUT2D eigenvalue weighted by Gasteiger charge is -2.38. The first kappa shape index (κ1) is 16.7. The molecular weight excluding hydrogens is 282 g/mol. The molecule has 2 heterocycles. The summed E-state index contributed by atoms with van der Waals surface area (Å²) in [6.45, 7) is 15.6. The molecule has 1 aliphatic heterocycles. The number of thiazole rings is 1. The van der Waals surface area contributed by atoms with Crippen LogP contribution in [0.4, 0.5) is 5.13 Å². The molecule has 5 heteroatoms. The molecule has 0 saturated carbocycles. The molecule has 0 spiro atoms. The van der Waals surface area contributed by atoms with Gasteiger partial charge >= 0.3 is 0 Å². The molecule has 1 fully saturated rings. The second-order valence-electron chi connectivity index (χ2n) is 6.77. The average Bonchev–Trinajstić information content (AvgIpc) is 2.80. The Morgan fingerprint density at radius 1 is 1.43 bits per heavy atom. The third-order valence-corrected chi connectivity index (χ3v) is 4.79. The number of hydrogen-bond acceptors (Lipinski definition) is 5. The largest absolute Gasteiger partial charge is 0.372 e. The molecule has 0 atom stereocenters. The minimum Gasteiger partial charge on any atom is -0.372 e. The summed E-state index contributed by atoms with van der Waals surface area (Å²) in [6.07, 6.45) is 1.00. The number of aromatic nitrogens is 1. The maximum atomic E-state index is 5.79. The van der Waals surface area contributed by atoms with Gasteiger partial charge in [0.2, 0.25) is 0 Å². The Hall–Kier alpha value is -0.650. The first-order valence-corrected chi connectivity index (χ1v) is 8.81. The maximum absolute atomic E-state index is 5.79. The number of anilines is 1. The number of nitrogens with one attached hydrogen (secondary N) is 1. The SMILES string of the molecule is CCc1nc(N2CCOC(C)(C)C2)sc1CNCC(C)C. The van der Waals surface area contributed by atoms with E-state index in [4.69, 9.17) is 9.72 Å². The van der Waals surface area contributed by atoms with Gasteiger partial charge in [0.25, 0.3) is 0 Å². The van der Waals surface area contributed by atoms with E-state index >= 15 is 0 Å². The van der Waals surface area contributed by atoms with E-state index in [1.54, 1.807) is 0 Å². The number of morpholine rings is 1. The third kappa shape index (κ3) is 4.66. The van der Waals surface area contributed by atoms with Crippen LogP contribution in [-0.2, 0) is 17.7 Å². The van der Waals surface area contributed by atoms with Gasteiger partial charge in [-0.25, -0.2) is 4.98 Å². The van der Waals surface area contributed by atoms with Gasteiger partial charge in [0, 0.05) is 24.5 Å². The summed E-state index contributed by atoms with van der Waals surface area (Å²) in [5.41, 5.74) is 1.17. The lowest BCUT2D eigenvalue weighted by molar-refractivity contribution is -0.0277. The second-order valence-corrected chi connectivity index (χ2v) is 7.84. The molecule has 0 aromatic carbocycles. The molecule has 1 aliphatic rings. The van der Waals surface area contributed by atoms with Crippen LogP contribution in [0, 0.1) is 5.92 Å². The summed E-state index contributed by atoms with van der Waals surface area (Å²) >= 11 is 1.84. The van der Waals surface area contributed by atoms with Crippen molar-refractivity contribution in [1.29, 1.82) is 0 Å². The molecule has 0 bridgehead atoms. The third-order valence-electron chi connectivity index (χ3n) is 3.64. The van der Waals surface area contributed by atoms with Gasteiger partial charge in [-0.05, 0) is 32.7 Å². The molecule has 1 aromatic heterocycles. The summed E-state index contributed by atoms with van der Waals surface area (Å²) in [5.74, 6) is 0.683. The highest BCUT2D eigenvalue weighted by Crippen LogP contribution is 2.30. The van der Waals surface area contributed by atoms with Crippen molar-refractivity contribution < 1.29 is 4.74 Å². The van der Waals surface area contributed by atoms with Crippen molar-refractivity contribution in [2.45, 2.75) is 53.2 Å². The van der Waals surface area contributed by atoms with Gasteiger partial charge < -0.3 is 15.0 Å². The van der Waals surface area contributed by atoms with E-state index in [0.29, 0.717) is 5.92 Å². The molecule has 1 aromatic rings. The highest BCUT2D eigenvalue weighted by atomic mass is 32.1. The summed E-state index contributed by atoms with van der Waals surface area (Å²) in [7, 11) is 0. The predicted molar refractivity (Wildman–Crippen MR) is 90.3 cm³/mol. The molecule has 0 radical (unpaired) electrons. The highest BCUT2D eigenvalue weighted by Gasteiger charge is 2.29. The number of nitrogens with zero attached hydrogens (tertiary/aromatic N) is 2. The van der Waals surface area contributed by atoms with E-state index in [0.717, 1.165) is 44.3 Å². The lowest BCUT2D eigenvalue weighted by Crippen LogP contribution is -2.48. The van der Waals surface area contributed by atoms with Crippen LogP contribution in [0.25, 0.3) is 0 Å². The van der Waals surface area contributed by atoms with Crippen LogP contribution in [0.3, 0.4) is 0 Å². The molecule has 2 rings (SSSR count). The van der Waals surface area contributed by atoms with Gasteiger partial charge in [0.15, 0.2) is 5.13 Å². The molecule has 0 unspecified atom stereocenters. The average molecular weight is 311 g/mol. The quantitative estimate of drug-likeness (QED) is 0.876. The Bertz CT molecular complexity index is 456. The van der Waals surface area contributed by atoms with E-state index in [9.17, 15) is 0 Å². The van der Waals surface area contributed by atoms with Crippen LogP contribution in [-0.4, -0.2) is 36.8 Å². The molecule has 21 heavy (non-hydrogen) atoms. The summed E-state index contributed by atoms with van der Waals surface area (Å²) in [4.78, 5) is 8.63. The normalized spacial score (nSPS) is 18.5. The molecule has 0 aliphatic carbocycles. The zero-order chi connectivity index (χ0) is 15.5. The van der Waals surface area contributed by atoms with Gasteiger partial charge in [-0.15, -0.1) is 11.3 Å². The zero-order valence-corrected chi connectivity index (χ0v) is 14.8. The van der Waals surface area contributed by atoms with Crippen molar-refractivity contribution in [2.75, 3.05) is 31.1 Å². The smallest absolute Gasteiger partial charge is 0.186 e. The van der Waals surface area contributed by atoms with Gasteiger partial charge in [-0.3, -0.25) is 0 Å². The van der Waals surface area contributed by atoms with Crippen molar-refractivity contribution in [3.05, 3.63) is 10.6 Å². The van der Waals surface area contributed by atoms with E-state index in [2.05, 4.69) is 44.8 Å². The van der Waals surface area contributed by atoms with Gasteiger partial charge in [0.1, 0.15) is 0 Å². The highest BCUT2D eigenvalue weighted by molar-refractivity contribution is 7.15. The Balaban J connectivity index is 2.05. The number of aryl methyl sites for hydroxylation is 1. The minimum absolute atomic E-state index is 0.0770. The molecule has 120 valence electrons. The van der Waals surface area contributed by atoms with Crippen LogP contribution >= 0.6 is 11.3 Å². The predicted octanol–water partition coefficient (Wildman–Crippen LogP) is 3.07. The minimum atomic E-state index is -0.0770. The fourth-order valence-electron chi connectivity index (χ4n) is 2.57. The van der Waals surface area contributed by atoms with Crippen molar-refractivity contribution in [1.82, 2.24) is 10.3 Å². The lowest BCUT2D eigenvalue weighted by atomic mass is 10.1. The van der Waals surface area contributed by atoms with Crippen molar-refractivity contribution in [2.24, 2.45) is 5.92 Å². The van der Waals surface area contributed by atoms with E-state index in [1.165, 1.54) is 10.6 Å². The first-order valence-electron chi connectivity index (χ1n) is 7.99. The van der Waals surface area contributed by atoms with Crippen LogP contribution in [0.15, 0.2) is 0 Å². The number of ether oxygens (including phenoxy) is 1. The monoisotopic (exact) mass is 311 g/mol. The van der Waals surface area contributed by atoms with Crippen LogP contribution < -0.4 is 10.2 Å². The number of rotatable bonds is 6. The molecule has 1 saturated heterocycles. The second kappa shape index (κ2) is 7.07. The van der Waals surface area contributed by atoms with E-state index in [1.807, 2.05) is 11.3 Å². The van der Waals surface area contributed by atoms with Crippen molar-refractivity contribution >= 4 is 16.5 Å². The topological polar surface area (TPSA) is 37.4 Å². The fraction of sp³-hybridized carbons (Fsp3) is 0.812. The summed E-state index contributed by atoms with van der Waals surface area (Å²) in [6, 6.07) is 0. The van der Waals surface area contributed by atoms with Crippen molar-refractivity contribution in [3.63, 3.8) is 0 Å². The zero-order valence-electron chi connectivity index (χ0n) is 14.0. The Morgan fingerprint density at radius 2 is 2.19 bits per heavy atom. The fourth-order valence-corrected chi connectivity index (χ4v) is 3.72. The van der Waals surface area contributed by atoms with Crippen LogP contribution in [0.5, 0.6) is 0 Å². The van der Waals surface area contributed by atoms with Crippen molar-refractivity contribution in [3.8, 4) is 0 Å². The first-order chi connectivity index (χ1) is 9.91. The van der Waals surface area contributed by atoms with Gasteiger partial charge in [-0.2, -0.15) is 0 Å². The standard InChI is InChI=1S/C16H29N3OS/c1-6-13-14(10-17-9-12(2)3)21-15(18-13)19-7-8-20-16(4,5)11-19/h12,17H,6-11H2,1-5H3. The summed E-state index contributed by atoms with van der Waals surface area (Å²) in [5, 5.41) is 4.69. The van der Waals surface area contributed by atoms with E-state index < -0.39 is 0 Å². The summed E-state index contributed by atoms with van der Waals surface area (Å²) < 4.78 is 5.79. The Labute approximate surface area is 132 Å². The van der Waals surface area contributed by atoms with Gasteiger partial charge in [0.05, 0.1) is 17.9 Å². The Morgan fingerprint density at radius 3 is 2.81 bits per heavy atom. The van der Waals surface area contributed by atoms with Crippen LogP contribution in [0.2, 0.25) is 0 Å². The Kier molecular flexibility index (Phi) is 5.63. The van der Waals surface area contributed by atoms with Gasteiger partial charge in [-0.1, -0.05) is 20.8 Å². The molecular formula is C16H29N3OS. The van der Waals surface area contributed by atoms with E-state index in [-0.39, 0.29) is 5.60 Å². The van der Waals surface area contributed by atoms with Crippen LogP contribution in [0.1, 0.15) is 45.2 Å². The number of hydrogen-bond donors (Lipinski definition) is 1.